The molecule has 2 rings (SSSR count). The molecule has 2 heterocycles. The summed E-state index contributed by atoms with van der Waals surface area (Å²) in [6.45, 7) is 3.76. The first-order valence-electron chi connectivity index (χ1n) is 5.70. The molecule has 0 bridgehead atoms. The summed E-state index contributed by atoms with van der Waals surface area (Å²) >= 11 is 1.81. The van der Waals surface area contributed by atoms with Crippen molar-refractivity contribution in [3.05, 3.63) is 27.4 Å². The van der Waals surface area contributed by atoms with Crippen molar-refractivity contribution in [1.82, 2.24) is 15.3 Å². The van der Waals surface area contributed by atoms with E-state index in [1.165, 1.54) is 0 Å². The highest BCUT2D eigenvalue weighted by molar-refractivity contribution is 7.98. The highest BCUT2D eigenvalue weighted by Gasteiger charge is 2.14. The fourth-order valence-electron chi connectivity index (χ4n) is 1.80. The van der Waals surface area contributed by atoms with Crippen LogP contribution in [-0.2, 0) is 18.7 Å². The fraction of sp³-hybridized carbons (Fsp3) is 0.636. The van der Waals surface area contributed by atoms with Crippen molar-refractivity contribution in [3.8, 4) is 0 Å². The molecular weight excluding hydrogens is 222 g/mol. The molecule has 0 amide bonds. The van der Waals surface area contributed by atoms with Crippen LogP contribution in [0.3, 0.4) is 0 Å². The Labute approximate surface area is 99.3 Å². The Morgan fingerprint density at radius 2 is 2.38 bits per heavy atom. The lowest BCUT2D eigenvalue weighted by molar-refractivity contribution is 0.614. The second-order valence-corrected chi connectivity index (χ2v) is 5.02. The summed E-state index contributed by atoms with van der Waals surface area (Å²) in [6.07, 6.45) is 1.95. The van der Waals surface area contributed by atoms with E-state index in [0.29, 0.717) is 0 Å². The van der Waals surface area contributed by atoms with Crippen LogP contribution < -0.4 is 10.9 Å². The minimum absolute atomic E-state index is 0.0543. The number of nitrogens with one attached hydrogen (secondary N) is 2. The quantitative estimate of drug-likeness (QED) is 0.771. The molecule has 0 radical (unpaired) electrons. The van der Waals surface area contributed by atoms with Gasteiger partial charge in [0.25, 0.3) is 5.56 Å². The molecule has 1 aromatic heterocycles. The predicted molar refractivity (Wildman–Crippen MR) is 66.7 cm³/mol. The average Bonchev–Trinajstić information content (AvgIpc) is 2.30. The van der Waals surface area contributed by atoms with Gasteiger partial charge in [-0.2, -0.15) is 11.8 Å². The summed E-state index contributed by atoms with van der Waals surface area (Å²) < 4.78 is 0. The lowest BCUT2D eigenvalue weighted by Gasteiger charge is -2.15. The van der Waals surface area contributed by atoms with Gasteiger partial charge in [-0.25, -0.2) is 4.98 Å². The van der Waals surface area contributed by atoms with E-state index in [2.05, 4.69) is 22.2 Å². The molecule has 1 aromatic rings. The van der Waals surface area contributed by atoms with Gasteiger partial charge in [-0.1, -0.05) is 6.92 Å². The zero-order chi connectivity index (χ0) is 11.4. The number of fused-ring (bicyclic) bond motifs is 1. The van der Waals surface area contributed by atoms with E-state index in [1.54, 1.807) is 0 Å². The maximum absolute atomic E-state index is 11.8. The third-order valence-electron chi connectivity index (χ3n) is 2.58. The van der Waals surface area contributed by atoms with E-state index < -0.39 is 0 Å². The highest BCUT2D eigenvalue weighted by atomic mass is 32.2. The van der Waals surface area contributed by atoms with Crippen molar-refractivity contribution in [1.29, 1.82) is 0 Å². The number of hydrogen-bond acceptors (Lipinski definition) is 4. The molecule has 0 fully saturated rings. The summed E-state index contributed by atoms with van der Waals surface area (Å²) in [5.41, 5.74) is 1.85. The molecule has 5 heteroatoms. The molecule has 0 aromatic carbocycles. The summed E-state index contributed by atoms with van der Waals surface area (Å²) in [5.74, 6) is 2.72. The average molecular weight is 239 g/mol. The van der Waals surface area contributed by atoms with Crippen LogP contribution in [0.4, 0.5) is 0 Å². The van der Waals surface area contributed by atoms with Crippen molar-refractivity contribution >= 4 is 11.8 Å². The van der Waals surface area contributed by atoms with Gasteiger partial charge in [-0.05, 0) is 25.1 Å². The largest absolute Gasteiger partial charge is 0.311 e. The molecule has 2 N–H and O–H groups in total. The summed E-state index contributed by atoms with van der Waals surface area (Å²) in [4.78, 5) is 19.2. The molecule has 0 unspecified atom stereocenters. The van der Waals surface area contributed by atoms with Crippen molar-refractivity contribution in [2.24, 2.45) is 0 Å². The molecule has 1 aliphatic rings. The van der Waals surface area contributed by atoms with E-state index in [4.69, 9.17) is 0 Å². The first-order valence-corrected chi connectivity index (χ1v) is 6.86. The molecule has 0 spiro atoms. The van der Waals surface area contributed by atoms with E-state index >= 15 is 0 Å². The molecule has 0 aliphatic carbocycles. The van der Waals surface area contributed by atoms with Gasteiger partial charge in [0.05, 0.1) is 11.4 Å². The highest BCUT2D eigenvalue weighted by Crippen LogP contribution is 2.11. The van der Waals surface area contributed by atoms with Gasteiger partial charge in [-0.3, -0.25) is 4.79 Å². The number of aromatic amines is 1. The minimum Gasteiger partial charge on any atom is -0.311 e. The maximum Gasteiger partial charge on any atom is 0.254 e. The molecule has 0 saturated carbocycles. The smallest absolute Gasteiger partial charge is 0.254 e. The van der Waals surface area contributed by atoms with Crippen LogP contribution >= 0.6 is 11.8 Å². The van der Waals surface area contributed by atoms with E-state index in [-0.39, 0.29) is 5.56 Å². The third-order valence-corrected chi connectivity index (χ3v) is 3.76. The van der Waals surface area contributed by atoms with Crippen molar-refractivity contribution < 1.29 is 0 Å². The van der Waals surface area contributed by atoms with Gasteiger partial charge in [0.1, 0.15) is 5.82 Å². The Morgan fingerprint density at radius 3 is 3.19 bits per heavy atom. The Balaban J connectivity index is 2.15. The first-order chi connectivity index (χ1) is 7.81. The second-order valence-electron chi connectivity index (χ2n) is 3.92. The zero-order valence-corrected chi connectivity index (χ0v) is 10.3. The van der Waals surface area contributed by atoms with E-state index in [0.717, 1.165) is 54.5 Å². The van der Waals surface area contributed by atoms with Crippen molar-refractivity contribution in [2.75, 3.05) is 12.3 Å². The predicted octanol–water partition coefficient (Wildman–Crippen LogP) is 1.06. The van der Waals surface area contributed by atoms with Crippen LogP contribution in [0.2, 0.25) is 0 Å². The normalized spacial score (nSPS) is 14.8. The van der Waals surface area contributed by atoms with Crippen LogP contribution in [0.5, 0.6) is 0 Å². The van der Waals surface area contributed by atoms with Crippen LogP contribution in [0, 0.1) is 0 Å². The molecular formula is C11H17N3OS. The molecule has 1 aliphatic heterocycles. The molecule has 4 nitrogen and oxygen atoms in total. The SMILES string of the molecule is CCCSCc1nc2c(c(=O)[nH]1)CCNC2. The first kappa shape index (κ1) is 11.7. The van der Waals surface area contributed by atoms with Crippen LogP contribution in [-0.4, -0.2) is 22.3 Å². The van der Waals surface area contributed by atoms with Crippen LogP contribution in [0.15, 0.2) is 4.79 Å². The van der Waals surface area contributed by atoms with E-state index in [1.807, 2.05) is 11.8 Å². The molecule has 88 valence electrons. The maximum atomic E-state index is 11.8. The number of hydrogen-bond donors (Lipinski definition) is 2. The summed E-state index contributed by atoms with van der Waals surface area (Å²) in [7, 11) is 0. The Kier molecular flexibility index (Phi) is 4.01. The molecule has 16 heavy (non-hydrogen) atoms. The fourth-order valence-corrected chi connectivity index (χ4v) is 2.56. The summed E-state index contributed by atoms with van der Waals surface area (Å²) in [6, 6.07) is 0. The zero-order valence-electron chi connectivity index (χ0n) is 9.51. The molecule has 0 saturated heterocycles. The van der Waals surface area contributed by atoms with Gasteiger partial charge in [-0.15, -0.1) is 0 Å². The van der Waals surface area contributed by atoms with Gasteiger partial charge in [0.2, 0.25) is 0 Å². The Bertz CT molecular complexity index is 416. The third kappa shape index (κ3) is 2.65. The monoisotopic (exact) mass is 239 g/mol. The summed E-state index contributed by atoms with van der Waals surface area (Å²) in [5, 5.41) is 3.24. The lowest BCUT2D eigenvalue weighted by atomic mass is 10.1. The topological polar surface area (TPSA) is 57.8 Å². The van der Waals surface area contributed by atoms with E-state index in [9.17, 15) is 4.79 Å². The van der Waals surface area contributed by atoms with Crippen LogP contribution in [0.1, 0.15) is 30.4 Å². The van der Waals surface area contributed by atoms with Gasteiger partial charge in [0, 0.05) is 12.1 Å². The van der Waals surface area contributed by atoms with Gasteiger partial charge >= 0.3 is 0 Å². The van der Waals surface area contributed by atoms with Gasteiger partial charge < -0.3 is 10.3 Å². The molecule has 0 atom stereocenters. The number of nitrogens with zero attached hydrogens (tertiary/aromatic N) is 1. The second kappa shape index (κ2) is 5.50. The Morgan fingerprint density at radius 1 is 1.50 bits per heavy atom. The van der Waals surface area contributed by atoms with Crippen molar-refractivity contribution in [2.45, 2.75) is 32.1 Å². The standard InChI is InChI=1S/C11H17N3OS/c1-2-5-16-7-10-13-9-6-12-4-3-8(9)11(15)14-10/h12H,2-7H2,1H3,(H,13,14,15). The number of rotatable bonds is 4. The van der Waals surface area contributed by atoms with Crippen LogP contribution in [0.25, 0.3) is 0 Å². The number of aromatic nitrogens is 2. The lowest BCUT2D eigenvalue weighted by Crippen LogP contribution is -2.31. The Hall–Kier alpha value is -0.810. The minimum atomic E-state index is 0.0543. The van der Waals surface area contributed by atoms with Crippen molar-refractivity contribution in [3.63, 3.8) is 0 Å². The van der Waals surface area contributed by atoms with Gasteiger partial charge in [0.15, 0.2) is 0 Å². The number of thioether (sulfide) groups is 1. The number of H-pyrrole nitrogens is 1.